The van der Waals surface area contributed by atoms with Crippen LogP contribution in [-0.2, 0) is 14.5 Å². The van der Waals surface area contributed by atoms with Crippen molar-refractivity contribution >= 4 is 23.4 Å². The minimum absolute atomic E-state index is 0.139. The third kappa shape index (κ3) is 2.09. The van der Waals surface area contributed by atoms with Crippen molar-refractivity contribution in [2.45, 2.75) is 9.83 Å². The molecule has 0 radical (unpaired) electrons. The topological polar surface area (TPSA) is 49.8 Å². The molecular weight excluding hydrogens is 286 g/mol. The van der Waals surface area contributed by atoms with Crippen LogP contribution < -0.4 is 4.90 Å². The number of anilines is 1. The van der Waals surface area contributed by atoms with E-state index in [9.17, 15) is 9.90 Å². The van der Waals surface area contributed by atoms with Gasteiger partial charge in [-0.1, -0.05) is 36.0 Å². The number of aromatic hydroxyl groups is 1. The Labute approximate surface area is 127 Å². The van der Waals surface area contributed by atoms with Crippen molar-refractivity contribution in [3.63, 3.8) is 0 Å². The lowest BCUT2D eigenvalue weighted by atomic mass is 10.1. The molecule has 1 amide bonds. The number of hydrogen-bond acceptors (Lipinski definition) is 4. The maximum atomic E-state index is 12.8. The van der Waals surface area contributed by atoms with Gasteiger partial charge in [0.2, 0.25) is 4.93 Å². The van der Waals surface area contributed by atoms with E-state index in [1.54, 1.807) is 36.2 Å². The number of methoxy groups -OCH3 is 1. The average molecular weight is 301 g/mol. The Balaban J connectivity index is 2.15. The van der Waals surface area contributed by atoms with E-state index in [0.29, 0.717) is 5.56 Å². The zero-order chi connectivity index (χ0) is 15.0. The summed E-state index contributed by atoms with van der Waals surface area (Å²) in [5.41, 5.74) is 1.58. The number of fused-ring (bicyclic) bond motifs is 1. The molecule has 0 aromatic heterocycles. The molecule has 1 aliphatic heterocycles. The van der Waals surface area contributed by atoms with Crippen molar-refractivity contribution in [3.8, 4) is 5.75 Å². The maximum absolute atomic E-state index is 12.8. The molecule has 21 heavy (non-hydrogen) atoms. The Hall–Kier alpha value is -1.98. The van der Waals surface area contributed by atoms with Crippen LogP contribution in [0, 0.1) is 0 Å². The summed E-state index contributed by atoms with van der Waals surface area (Å²) in [5.74, 6) is 0.0198. The summed E-state index contributed by atoms with van der Waals surface area (Å²) in [5, 5.41) is 9.44. The Morgan fingerprint density at radius 2 is 1.81 bits per heavy atom. The van der Waals surface area contributed by atoms with E-state index in [4.69, 9.17) is 4.74 Å². The highest BCUT2D eigenvalue weighted by Gasteiger charge is 2.48. The molecular formula is C16H15NO3S. The molecule has 1 unspecified atom stereocenters. The molecule has 108 valence electrons. The Morgan fingerprint density at radius 3 is 2.48 bits per heavy atom. The molecule has 0 spiro atoms. The third-order valence-electron chi connectivity index (χ3n) is 3.60. The Kier molecular flexibility index (Phi) is 3.39. The first-order valence-corrected chi connectivity index (χ1v) is 7.31. The quantitative estimate of drug-likeness (QED) is 0.926. The summed E-state index contributed by atoms with van der Waals surface area (Å²) in [6.45, 7) is 0. The average Bonchev–Trinajstić information content (AvgIpc) is 2.52. The number of hydrogen-bond donors (Lipinski definition) is 1. The lowest BCUT2D eigenvalue weighted by Gasteiger charge is -2.39. The van der Waals surface area contributed by atoms with Crippen LogP contribution in [0.15, 0.2) is 53.4 Å². The van der Waals surface area contributed by atoms with Gasteiger partial charge in [0.05, 0.1) is 5.69 Å². The monoisotopic (exact) mass is 301 g/mol. The van der Waals surface area contributed by atoms with Crippen molar-refractivity contribution < 1.29 is 14.6 Å². The minimum atomic E-state index is -1.13. The Morgan fingerprint density at radius 1 is 1.14 bits per heavy atom. The number of amides is 1. The summed E-state index contributed by atoms with van der Waals surface area (Å²) in [4.78, 5) is 14.3. The molecule has 1 atom stereocenters. The highest BCUT2D eigenvalue weighted by molar-refractivity contribution is 8.01. The number of thioether (sulfide) groups is 1. The van der Waals surface area contributed by atoms with Gasteiger partial charge in [0.25, 0.3) is 5.91 Å². The van der Waals surface area contributed by atoms with Gasteiger partial charge in [0, 0.05) is 24.6 Å². The van der Waals surface area contributed by atoms with Crippen molar-refractivity contribution in [3.05, 3.63) is 54.1 Å². The first-order chi connectivity index (χ1) is 10.1. The molecule has 2 aromatic rings. The summed E-state index contributed by atoms with van der Waals surface area (Å²) >= 11 is 1.38. The van der Waals surface area contributed by atoms with Gasteiger partial charge >= 0.3 is 0 Å². The molecule has 0 bridgehead atoms. The second-order valence-electron chi connectivity index (χ2n) is 4.80. The molecule has 2 aromatic carbocycles. The number of benzene rings is 2. The molecule has 3 rings (SSSR count). The van der Waals surface area contributed by atoms with E-state index in [-0.39, 0.29) is 11.7 Å². The molecule has 4 nitrogen and oxygen atoms in total. The van der Waals surface area contributed by atoms with Gasteiger partial charge < -0.3 is 14.7 Å². The zero-order valence-electron chi connectivity index (χ0n) is 11.7. The van der Waals surface area contributed by atoms with Crippen LogP contribution in [0.25, 0.3) is 0 Å². The van der Waals surface area contributed by atoms with E-state index in [1.165, 1.54) is 18.9 Å². The van der Waals surface area contributed by atoms with Crippen LogP contribution in [0.3, 0.4) is 0 Å². The van der Waals surface area contributed by atoms with E-state index in [1.807, 2.05) is 24.3 Å². The van der Waals surface area contributed by atoms with Crippen LogP contribution in [0.1, 0.15) is 5.56 Å². The summed E-state index contributed by atoms with van der Waals surface area (Å²) < 4.78 is 5.63. The number of likely N-dealkylation sites (N-methyl/N-ethyl adjacent to an activating group) is 1. The number of ether oxygens (including phenoxy) is 1. The number of nitrogens with zero attached hydrogens (tertiary/aromatic N) is 1. The van der Waals surface area contributed by atoms with Gasteiger partial charge in [-0.05, 0) is 24.3 Å². The number of carbonyl (C=O) groups excluding carboxylic acids is 1. The number of para-hydroxylation sites is 1. The van der Waals surface area contributed by atoms with Crippen LogP contribution >= 0.6 is 11.8 Å². The molecule has 0 aliphatic carbocycles. The van der Waals surface area contributed by atoms with Crippen LogP contribution in [0.5, 0.6) is 5.75 Å². The fraction of sp³-hybridized carbons (Fsp3) is 0.188. The zero-order valence-corrected chi connectivity index (χ0v) is 12.6. The number of rotatable bonds is 2. The van der Waals surface area contributed by atoms with Gasteiger partial charge in [-0.15, -0.1) is 0 Å². The summed E-state index contributed by atoms with van der Waals surface area (Å²) in [7, 11) is 3.27. The molecule has 0 saturated heterocycles. The van der Waals surface area contributed by atoms with Gasteiger partial charge in [-0.2, -0.15) is 0 Å². The van der Waals surface area contributed by atoms with Crippen LogP contribution in [0.2, 0.25) is 0 Å². The predicted molar refractivity (Wildman–Crippen MR) is 82.5 cm³/mol. The highest BCUT2D eigenvalue weighted by atomic mass is 32.2. The van der Waals surface area contributed by atoms with Crippen molar-refractivity contribution in [1.82, 2.24) is 0 Å². The molecule has 1 heterocycles. The first-order valence-electron chi connectivity index (χ1n) is 6.49. The SMILES string of the molecule is COC1(c2ccc(O)cc2)Sc2ccccc2N(C)C1=O. The number of phenolic OH excluding ortho intramolecular Hbond substituents is 1. The molecule has 1 aliphatic rings. The maximum Gasteiger partial charge on any atom is 0.274 e. The first kappa shape index (κ1) is 14.0. The fourth-order valence-corrected chi connectivity index (χ4v) is 3.79. The number of phenols is 1. The van der Waals surface area contributed by atoms with Gasteiger partial charge in [-0.25, -0.2) is 0 Å². The van der Waals surface area contributed by atoms with Crippen molar-refractivity contribution in [2.24, 2.45) is 0 Å². The van der Waals surface area contributed by atoms with E-state index in [0.717, 1.165) is 10.6 Å². The second kappa shape index (κ2) is 5.09. The normalized spacial score (nSPS) is 21.2. The lowest BCUT2D eigenvalue weighted by molar-refractivity contribution is -0.131. The molecule has 0 saturated carbocycles. The molecule has 0 fully saturated rings. The molecule has 5 heteroatoms. The highest BCUT2D eigenvalue weighted by Crippen LogP contribution is 2.50. The standard InChI is InChI=1S/C16H15NO3S/c1-17-13-5-3-4-6-14(13)21-16(20-2,15(17)19)11-7-9-12(18)10-8-11/h3-10,18H,1-2H3. The van der Waals surface area contributed by atoms with E-state index >= 15 is 0 Å². The Bertz CT molecular complexity index is 686. The summed E-state index contributed by atoms with van der Waals surface area (Å²) in [6.07, 6.45) is 0. The smallest absolute Gasteiger partial charge is 0.274 e. The predicted octanol–water partition coefficient (Wildman–Crippen LogP) is 2.96. The second-order valence-corrected chi connectivity index (χ2v) is 6.02. The number of carbonyl (C=O) groups is 1. The van der Waals surface area contributed by atoms with Gasteiger partial charge in [-0.3, -0.25) is 4.79 Å². The van der Waals surface area contributed by atoms with Crippen LogP contribution in [-0.4, -0.2) is 25.2 Å². The van der Waals surface area contributed by atoms with E-state index < -0.39 is 4.93 Å². The minimum Gasteiger partial charge on any atom is -0.508 e. The largest absolute Gasteiger partial charge is 0.508 e. The van der Waals surface area contributed by atoms with Crippen molar-refractivity contribution in [1.29, 1.82) is 0 Å². The fourth-order valence-electron chi connectivity index (χ4n) is 2.46. The van der Waals surface area contributed by atoms with Crippen molar-refractivity contribution in [2.75, 3.05) is 19.1 Å². The van der Waals surface area contributed by atoms with Gasteiger partial charge in [0.15, 0.2) is 0 Å². The third-order valence-corrected chi connectivity index (χ3v) is 5.03. The molecule has 1 N–H and O–H groups in total. The van der Waals surface area contributed by atoms with E-state index in [2.05, 4.69) is 0 Å². The van der Waals surface area contributed by atoms with Crippen LogP contribution in [0.4, 0.5) is 5.69 Å². The lowest BCUT2D eigenvalue weighted by Crippen LogP contribution is -2.47. The summed E-state index contributed by atoms with van der Waals surface area (Å²) in [6, 6.07) is 14.3. The van der Waals surface area contributed by atoms with Gasteiger partial charge in [0.1, 0.15) is 5.75 Å².